The number of amides is 1. The summed E-state index contributed by atoms with van der Waals surface area (Å²) in [5, 5.41) is 6.24. The molecule has 2 atom stereocenters. The third kappa shape index (κ3) is 3.18. The monoisotopic (exact) mass is 212 g/mol. The second-order valence-electron chi connectivity index (χ2n) is 4.52. The van der Waals surface area contributed by atoms with Crippen molar-refractivity contribution in [3.8, 4) is 0 Å². The molecule has 2 unspecified atom stereocenters. The Morgan fingerprint density at radius 2 is 2.40 bits per heavy atom. The number of carbonyl (C=O) groups is 1. The SMILES string of the molecule is O=C(NCC1CCCOC1)C1CCNC1. The quantitative estimate of drug-likeness (QED) is 0.699. The van der Waals surface area contributed by atoms with Crippen LogP contribution in [0.2, 0.25) is 0 Å². The smallest absolute Gasteiger partial charge is 0.224 e. The van der Waals surface area contributed by atoms with Crippen LogP contribution >= 0.6 is 0 Å². The first-order valence-corrected chi connectivity index (χ1v) is 5.92. The van der Waals surface area contributed by atoms with Gasteiger partial charge in [-0.1, -0.05) is 0 Å². The number of hydrogen-bond donors (Lipinski definition) is 2. The van der Waals surface area contributed by atoms with Crippen molar-refractivity contribution in [2.24, 2.45) is 11.8 Å². The van der Waals surface area contributed by atoms with Crippen molar-refractivity contribution in [3.63, 3.8) is 0 Å². The molecule has 0 aliphatic carbocycles. The Bertz CT molecular complexity index is 209. The van der Waals surface area contributed by atoms with Crippen molar-refractivity contribution in [1.82, 2.24) is 10.6 Å². The molecule has 2 saturated heterocycles. The minimum Gasteiger partial charge on any atom is -0.381 e. The second-order valence-corrected chi connectivity index (χ2v) is 4.52. The largest absolute Gasteiger partial charge is 0.381 e. The molecule has 86 valence electrons. The number of nitrogens with one attached hydrogen (secondary N) is 2. The van der Waals surface area contributed by atoms with E-state index in [0.717, 1.165) is 45.7 Å². The summed E-state index contributed by atoms with van der Waals surface area (Å²) in [5.74, 6) is 0.928. The van der Waals surface area contributed by atoms with Gasteiger partial charge in [-0.25, -0.2) is 0 Å². The Labute approximate surface area is 90.8 Å². The molecule has 2 rings (SSSR count). The first kappa shape index (κ1) is 10.9. The Morgan fingerprint density at radius 1 is 1.47 bits per heavy atom. The normalized spacial score (nSPS) is 31.5. The van der Waals surface area contributed by atoms with Gasteiger partial charge >= 0.3 is 0 Å². The molecule has 2 aliphatic rings. The van der Waals surface area contributed by atoms with E-state index in [4.69, 9.17) is 4.74 Å². The van der Waals surface area contributed by atoms with Gasteiger partial charge in [0.25, 0.3) is 0 Å². The zero-order valence-electron chi connectivity index (χ0n) is 9.13. The fourth-order valence-electron chi connectivity index (χ4n) is 2.24. The van der Waals surface area contributed by atoms with Crippen LogP contribution < -0.4 is 10.6 Å². The molecule has 0 saturated carbocycles. The van der Waals surface area contributed by atoms with Gasteiger partial charge in [-0.2, -0.15) is 0 Å². The van der Waals surface area contributed by atoms with Crippen molar-refractivity contribution < 1.29 is 9.53 Å². The molecule has 0 bridgehead atoms. The molecule has 2 N–H and O–H groups in total. The summed E-state index contributed by atoms with van der Waals surface area (Å²) in [6.45, 7) is 4.30. The van der Waals surface area contributed by atoms with Gasteiger partial charge in [0.1, 0.15) is 0 Å². The maximum absolute atomic E-state index is 11.7. The lowest BCUT2D eigenvalue weighted by Gasteiger charge is -2.22. The number of ether oxygens (including phenoxy) is 1. The minimum atomic E-state index is 0.189. The summed E-state index contributed by atoms with van der Waals surface area (Å²) in [4.78, 5) is 11.7. The predicted molar refractivity (Wildman–Crippen MR) is 57.5 cm³/mol. The second kappa shape index (κ2) is 5.47. The zero-order valence-corrected chi connectivity index (χ0v) is 9.13. The van der Waals surface area contributed by atoms with Crippen LogP contribution in [0.3, 0.4) is 0 Å². The Kier molecular flexibility index (Phi) is 3.97. The molecule has 4 nitrogen and oxygen atoms in total. The van der Waals surface area contributed by atoms with E-state index in [-0.39, 0.29) is 11.8 Å². The van der Waals surface area contributed by atoms with E-state index in [1.165, 1.54) is 6.42 Å². The summed E-state index contributed by atoms with van der Waals surface area (Å²) in [7, 11) is 0. The maximum Gasteiger partial charge on any atom is 0.224 e. The van der Waals surface area contributed by atoms with Gasteiger partial charge in [0.2, 0.25) is 5.91 Å². The van der Waals surface area contributed by atoms with E-state index in [1.54, 1.807) is 0 Å². The highest BCUT2D eigenvalue weighted by Crippen LogP contribution is 2.13. The molecule has 0 aromatic carbocycles. The number of carbonyl (C=O) groups excluding carboxylic acids is 1. The van der Waals surface area contributed by atoms with E-state index in [2.05, 4.69) is 10.6 Å². The third-order valence-electron chi connectivity index (χ3n) is 3.25. The summed E-state index contributed by atoms with van der Waals surface area (Å²) < 4.78 is 5.38. The summed E-state index contributed by atoms with van der Waals surface area (Å²) >= 11 is 0. The van der Waals surface area contributed by atoms with E-state index >= 15 is 0 Å². The number of hydrogen-bond acceptors (Lipinski definition) is 3. The topological polar surface area (TPSA) is 50.4 Å². The van der Waals surface area contributed by atoms with Gasteiger partial charge in [-0.15, -0.1) is 0 Å². The average Bonchev–Trinajstić information content (AvgIpc) is 2.81. The van der Waals surface area contributed by atoms with Crippen LogP contribution in [0, 0.1) is 11.8 Å². The summed E-state index contributed by atoms with van der Waals surface area (Å²) in [6, 6.07) is 0. The Morgan fingerprint density at radius 3 is 3.07 bits per heavy atom. The fourth-order valence-corrected chi connectivity index (χ4v) is 2.24. The maximum atomic E-state index is 11.7. The molecule has 1 amide bonds. The fraction of sp³-hybridized carbons (Fsp3) is 0.909. The lowest BCUT2D eigenvalue weighted by Crippen LogP contribution is -2.37. The molecule has 2 aliphatic heterocycles. The predicted octanol–water partition coefficient (Wildman–Crippen LogP) is 0.139. The Balaban J connectivity index is 1.65. The highest BCUT2D eigenvalue weighted by atomic mass is 16.5. The van der Waals surface area contributed by atoms with Crippen LogP contribution in [0.1, 0.15) is 19.3 Å². The third-order valence-corrected chi connectivity index (χ3v) is 3.25. The molecule has 0 aromatic rings. The van der Waals surface area contributed by atoms with Crippen LogP contribution in [0.25, 0.3) is 0 Å². The van der Waals surface area contributed by atoms with Crippen LogP contribution in [-0.2, 0) is 9.53 Å². The molecule has 0 aromatic heterocycles. The van der Waals surface area contributed by atoms with Crippen molar-refractivity contribution >= 4 is 5.91 Å². The first-order chi connectivity index (χ1) is 7.36. The van der Waals surface area contributed by atoms with E-state index in [9.17, 15) is 4.79 Å². The van der Waals surface area contributed by atoms with Gasteiger partial charge in [-0.05, 0) is 31.7 Å². The van der Waals surface area contributed by atoms with Crippen molar-refractivity contribution in [2.45, 2.75) is 19.3 Å². The zero-order chi connectivity index (χ0) is 10.5. The molecule has 15 heavy (non-hydrogen) atoms. The molecular formula is C11H20N2O2. The first-order valence-electron chi connectivity index (χ1n) is 5.92. The van der Waals surface area contributed by atoms with Gasteiger partial charge in [0, 0.05) is 19.7 Å². The Hall–Kier alpha value is -0.610. The van der Waals surface area contributed by atoms with E-state index < -0.39 is 0 Å². The van der Waals surface area contributed by atoms with Gasteiger partial charge in [-0.3, -0.25) is 4.79 Å². The summed E-state index contributed by atoms with van der Waals surface area (Å²) in [5.41, 5.74) is 0. The van der Waals surface area contributed by atoms with Crippen LogP contribution in [-0.4, -0.2) is 38.8 Å². The average molecular weight is 212 g/mol. The van der Waals surface area contributed by atoms with Crippen LogP contribution in [0.4, 0.5) is 0 Å². The van der Waals surface area contributed by atoms with Crippen molar-refractivity contribution in [1.29, 1.82) is 0 Å². The number of rotatable bonds is 3. The molecule has 2 heterocycles. The molecule has 0 radical (unpaired) electrons. The van der Waals surface area contributed by atoms with Crippen molar-refractivity contribution in [2.75, 3.05) is 32.8 Å². The van der Waals surface area contributed by atoms with Gasteiger partial charge in [0.05, 0.1) is 12.5 Å². The van der Waals surface area contributed by atoms with Crippen LogP contribution in [0.5, 0.6) is 0 Å². The molecule has 0 spiro atoms. The molecular weight excluding hydrogens is 192 g/mol. The van der Waals surface area contributed by atoms with Gasteiger partial charge < -0.3 is 15.4 Å². The lowest BCUT2D eigenvalue weighted by atomic mass is 10.0. The lowest BCUT2D eigenvalue weighted by molar-refractivity contribution is -0.124. The summed E-state index contributed by atoms with van der Waals surface area (Å²) in [6.07, 6.45) is 3.29. The van der Waals surface area contributed by atoms with E-state index in [1.807, 2.05) is 0 Å². The van der Waals surface area contributed by atoms with E-state index in [0.29, 0.717) is 5.92 Å². The van der Waals surface area contributed by atoms with Crippen molar-refractivity contribution in [3.05, 3.63) is 0 Å². The highest BCUT2D eigenvalue weighted by molar-refractivity contribution is 5.79. The molecule has 4 heteroatoms. The standard InChI is InChI=1S/C11H20N2O2/c14-11(10-3-4-12-7-10)13-6-9-2-1-5-15-8-9/h9-10,12H,1-8H2,(H,13,14). The molecule has 2 fully saturated rings. The van der Waals surface area contributed by atoms with Gasteiger partial charge in [0.15, 0.2) is 0 Å². The minimum absolute atomic E-state index is 0.189. The highest BCUT2D eigenvalue weighted by Gasteiger charge is 2.23. The van der Waals surface area contributed by atoms with Crippen LogP contribution in [0.15, 0.2) is 0 Å².